The molecule has 212 valence electrons. The number of benzene rings is 2. The molecule has 0 radical (unpaired) electrons. The summed E-state index contributed by atoms with van der Waals surface area (Å²) in [7, 11) is 0. The Bertz CT molecular complexity index is 1490. The first kappa shape index (κ1) is 25.7. The van der Waals surface area contributed by atoms with Crippen LogP contribution in [0.4, 0.5) is 33.5 Å². The van der Waals surface area contributed by atoms with E-state index in [2.05, 4.69) is 25.1 Å². The molecule has 2 bridgehead atoms. The summed E-state index contributed by atoms with van der Waals surface area (Å²) >= 11 is 0. The van der Waals surface area contributed by atoms with Crippen molar-refractivity contribution in [1.82, 2.24) is 20.2 Å². The minimum absolute atomic E-state index is 0.0903. The standard InChI is InChI=1S/C28H29F5N6O/c29-14-9-28(6-1-7-39(28)10-14)13-40-27-36-25-18(26(37-27)38-11-15-2-3-16(12-38)35-15)5-4-17(22(25)32)21-19(30)8-20(31)24(34)23(21)33/h4-5,8,14-16,35H,1-3,6-7,9-13,34H2/t14-,15-,16+,28+/m1/s1. The van der Waals surface area contributed by atoms with Gasteiger partial charge in [0.25, 0.3) is 0 Å². The van der Waals surface area contributed by atoms with Gasteiger partial charge in [0, 0.05) is 55.2 Å². The number of piperazine rings is 1. The number of hydrogen-bond donors (Lipinski definition) is 2. The Hall–Kier alpha value is -3.25. The fourth-order valence-corrected chi connectivity index (χ4v) is 7.09. The number of rotatable bonds is 5. The van der Waals surface area contributed by atoms with Gasteiger partial charge in [-0.15, -0.1) is 0 Å². The van der Waals surface area contributed by atoms with E-state index in [0.717, 1.165) is 32.2 Å². The summed E-state index contributed by atoms with van der Waals surface area (Å²) in [5, 5.41) is 3.91. The number of anilines is 2. The molecule has 7 nitrogen and oxygen atoms in total. The molecule has 5 heterocycles. The number of aromatic nitrogens is 2. The van der Waals surface area contributed by atoms with Gasteiger partial charge in [-0.1, -0.05) is 6.07 Å². The number of alkyl halides is 1. The second-order valence-electron chi connectivity index (χ2n) is 11.5. The lowest BCUT2D eigenvalue weighted by molar-refractivity contribution is 0.107. The second kappa shape index (κ2) is 9.41. The van der Waals surface area contributed by atoms with Crippen LogP contribution in [0, 0.1) is 23.3 Å². The molecule has 0 saturated carbocycles. The van der Waals surface area contributed by atoms with Gasteiger partial charge < -0.3 is 20.7 Å². The molecule has 7 rings (SSSR count). The first-order valence-corrected chi connectivity index (χ1v) is 13.7. The van der Waals surface area contributed by atoms with Crippen LogP contribution in [0.15, 0.2) is 18.2 Å². The summed E-state index contributed by atoms with van der Waals surface area (Å²) in [6.45, 7) is 2.57. The Morgan fingerprint density at radius 3 is 2.58 bits per heavy atom. The van der Waals surface area contributed by atoms with Crippen molar-refractivity contribution >= 4 is 22.4 Å². The maximum atomic E-state index is 16.1. The molecule has 2 aromatic carbocycles. The van der Waals surface area contributed by atoms with E-state index in [9.17, 15) is 17.6 Å². The van der Waals surface area contributed by atoms with Gasteiger partial charge in [0.2, 0.25) is 0 Å². The zero-order valence-corrected chi connectivity index (χ0v) is 21.7. The molecule has 0 spiro atoms. The van der Waals surface area contributed by atoms with E-state index in [1.807, 2.05) is 0 Å². The molecule has 3 aromatic rings. The van der Waals surface area contributed by atoms with Gasteiger partial charge >= 0.3 is 6.01 Å². The molecule has 12 heteroatoms. The van der Waals surface area contributed by atoms with Crippen LogP contribution in [0.2, 0.25) is 0 Å². The van der Waals surface area contributed by atoms with Gasteiger partial charge in [0.15, 0.2) is 17.5 Å². The molecular formula is C28H29F5N6O. The number of halogens is 5. The van der Waals surface area contributed by atoms with Crippen molar-refractivity contribution in [2.75, 3.05) is 43.4 Å². The van der Waals surface area contributed by atoms with E-state index in [1.54, 1.807) is 0 Å². The molecule has 0 aliphatic carbocycles. The third-order valence-corrected chi connectivity index (χ3v) is 8.99. The zero-order chi connectivity index (χ0) is 27.8. The molecule has 4 fully saturated rings. The summed E-state index contributed by atoms with van der Waals surface area (Å²) < 4.78 is 80.0. The highest BCUT2D eigenvalue weighted by molar-refractivity contribution is 5.94. The van der Waals surface area contributed by atoms with Crippen LogP contribution in [0.5, 0.6) is 6.01 Å². The van der Waals surface area contributed by atoms with E-state index < -0.39 is 51.8 Å². The Morgan fingerprint density at radius 1 is 1.02 bits per heavy atom. The third kappa shape index (κ3) is 4.06. The Balaban J connectivity index is 1.33. The van der Waals surface area contributed by atoms with Crippen LogP contribution in [0.1, 0.15) is 32.1 Å². The first-order chi connectivity index (χ1) is 19.2. The average molecular weight is 561 g/mol. The summed E-state index contributed by atoms with van der Waals surface area (Å²) in [4.78, 5) is 13.2. The maximum absolute atomic E-state index is 16.1. The number of nitrogens with two attached hydrogens (primary N) is 1. The van der Waals surface area contributed by atoms with Crippen LogP contribution in [0.25, 0.3) is 22.0 Å². The predicted octanol–water partition coefficient (Wildman–Crippen LogP) is 4.33. The zero-order valence-electron chi connectivity index (χ0n) is 21.7. The Kier molecular flexibility index (Phi) is 6.04. The summed E-state index contributed by atoms with van der Waals surface area (Å²) in [6.07, 6.45) is 3.13. The summed E-state index contributed by atoms with van der Waals surface area (Å²) in [6, 6.07) is 3.60. The molecule has 0 amide bonds. The number of nitrogens with one attached hydrogen (secondary N) is 1. The molecule has 0 unspecified atom stereocenters. The van der Waals surface area contributed by atoms with Crippen molar-refractivity contribution < 1.29 is 26.7 Å². The van der Waals surface area contributed by atoms with Crippen molar-refractivity contribution in [3.8, 4) is 17.1 Å². The highest BCUT2D eigenvalue weighted by Crippen LogP contribution is 2.41. The van der Waals surface area contributed by atoms with Gasteiger partial charge in [0.05, 0.1) is 11.1 Å². The molecule has 4 atom stereocenters. The minimum atomic E-state index is -1.39. The van der Waals surface area contributed by atoms with Crippen molar-refractivity contribution in [1.29, 1.82) is 0 Å². The largest absolute Gasteiger partial charge is 0.461 e. The first-order valence-electron chi connectivity index (χ1n) is 13.7. The number of nitrogens with zero attached hydrogens (tertiary/aromatic N) is 4. The minimum Gasteiger partial charge on any atom is -0.461 e. The summed E-state index contributed by atoms with van der Waals surface area (Å²) in [5.41, 5.74) is 2.68. The average Bonchev–Trinajstić information content (AvgIpc) is 3.57. The number of fused-ring (bicyclic) bond motifs is 4. The normalized spacial score (nSPS) is 28.0. The van der Waals surface area contributed by atoms with Gasteiger partial charge in [-0.25, -0.2) is 22.0 Å². The van der Waals surface area contributed by atoms with Crippen LogP contribution in [0.3, 0.4) is 0 Å². The molecule has 4 aliphatic rings. The fourth-order valence-electron chi connectivity index (χ4n) is 7.09. The molecular weight excluding hydrogens is 531 g/mol. The second-order valence-corrected chi connectivity index (χ2v) is 11.5. The lowest BCUT2D eigenvalue weighted by atomic mass is 9.95. The topological polar surface area (TPSA) is 79.5 Å². The van der Waals surface area contributed by atoms with Crippen molar-refractivity contribution in [3.05, 3.63) is 41.5 Å². The SMILES string of the molecule is Nc1c(F)cc(F)c(-c2ccc3c(N4C[C@H]5CC[C@@H](C4)N5)nc(OC[C@@]45CCCN4C[C@H](F)C5)nc3c2F)c1F. The molecule has 4 aliphatic heterocycles. The highest BCUT2D eigenvalue weighted by atomic mass is 19.2. The van der Waals surface area contributed by atoms with E-state index in [1.165, 1.54) is 12.1 Å². The van der Waals surface area contributed by atoms with Crippen LogP contribution in [-0.4, -0.2) is 71.4 Å². The number of ether oxygens (including phenoxy) is 1. The fraction of sp³-hybridized carbons (Fsp3) is 0.500. The van der Waals surface area contributed by atoms with Gasteiger partial charge in [-0.05, 0) is 38.3 Å². The van der Waals surface area contributed by atoms with E-state index in [4.69, 9.17) is 10.5 Å². The molecule has 1 aromatic heterocycles. The Labute approximate surface area is 227 Å². The smallest absolute Gasteiger partial charge is 0.319 e. The Morgan fingerprint density at radius 2 is 1.80 bits per heavy atom. The quantitative estimate of drug-likeness (QED) is 0.355. The third-order valence-electron chi connectivity index (χ3n) is 8.99. The van der Waals surface area contributed by atoms with Crippen molar-refractivity contribution in [2.24, 2.45) is 0 Å². The van der Waals surface area contributed by atoms with E-state index >= 15 is 4.39 Å². The lowest BCUT2D eigenvalue weighted by Crippen LogP contribution is -2.51. The van der Waals surface area contributed by atoms with Crippen LogP contribution >= 0.6 is 0 Å². The van der Waals surface area contributed by atoms with Crippen LogP contribution < -0.4 is 20.7 Å². The van der Waals surface area contributed by atoms with Gasteiger partial charge in [0.1, 0.15) is 35.6 Å². The van der Waals surface area contributed by atoms with Crippen LogP contribution in [-0.2, 0) is 0 Å². The summed E-state index contributed by atoms with van der Waals surface area (Å²) in [5.74, 6) is -4.48. The van der Waals surface area contributed by atoms with Crippen molar-refractivity contribution in [2.45, 2.75) is 55.9 Å². The molecule has 3 N–H and O–H groups in total. The van der Waals surface area contributed by atoms with Gasteiger partial charge in [-0.3, -0.25) is 4.90 Å². The number of nitrogen functional groups attached to an aromatic ring is 1. The molecule has 4 saturated heterocycles. The monoisotopic (exact) mass is 560 g/mol. The predicted molar refractivity (Wildman–Crippen MR) is 140 cm³/mol. The maximum Gasteiger partial charge on any atom is 0.319 e. The molecule has 40 heavy (non-hydrogen) atoms. The van der Waals surface area contributed by atoms with E-state index in [0.29, 0.717) is 43.3 Å². The van der Waals surface area contributed by atoms with Gasteiger partial charge in [-0.2, -0.15) is 9.97 Å². The number of hydrogen-bond acceptors (Lipinski definition) is 7. The highest BCUT2D eigenvalue weighted by Gasteiger charge is 2.49. The van der Waals surface area contributed by atoms with E-state index in [-0.39, 0.29) is 30.2 Å². The van der Waals surface area contributed by atoms with Crippen molar-refractivity contribution in [3.63, 3.8) is 0 Å². The lowest BCUT2D eigenvalue weighted by Gasteiger charge is -2.34.